The van der Waals surface area contributed by atoms with Crippen LogP contribution in [0, 0.1) is 17.5 Å². The van der Waals surface area contributed by atoms with Crippen molar-refractivity contribution in [2.75, 3.05) is 5.32 Å². The predicted octanol–water partition coefficient (Wildman–Crippen LogP) is 4.37. The molecular weight excluding hydrogens is 397 g/mol. The number of halogens is 1. The van der Waals surface area contributed by atoms with Crippen LogP contribution in [0.5, 0.6) is 0 Å². The van der Waals surface area contributed by atoms with E-state index in [1.165, 1.54) is 23.5 Å². The van der Waals surface area contributed by atoms with Gasteiger partial charge in [0.15, 0.2) is 15.7 Å². The number of aromatic nitrogens is 4. The zero-order valence-corrected chi connectivity index (χ0v) is 16.8. The summed E-state index contributed by atoms with van der Waals surface area (Å²) in [6.07, 6.45) is 3.22. The van der Waals surface area contributed by atoms with Crippen LogP contribution >= 0.6 is 23.6 Å². The van der Waals surface area contributed by atoms with Gasteiger partial charge in [0.1, 0.15) is 5.82 Å². The summed E-state index contributed by atoms with van der Waals surface area (Å²) in [7, 11) is 0. The molecule has 1 saturated carbocycles. The van der Waals surface area contributed by atoms with Gasteiger partial charge in [-0.05, 0) is 49.7 Å². The van der Waals surface area contributed by atoms with E-state index in [1.54, 1.807) is 18.2 Å². The van der Waals surface area contributed by atoms with Gasteiger partial charge in [0.05, 0.1) is 16.0 Å². The first-order chi connectivity index (χ1) is 13.4. The molecule has 9 heteroatoms. The van der Waals surface area contributed by atoms with Crippen LogP contribution in [-0.2, 0) is 16.8 Å². The van der Waals surface area contributed by atoms with Crippen LogP contribution in [-0.4, -0.2) is 25.7 Å². The van der Waals surface area contributed by atoms with E-state index in [0.29, 0.717) is 22.3 Å². The molecule has 4 rings (SSSR count). The molecule has 1 aliphatic rings. The van der Waals surface area contributed by atoms with Crippen molar-refractivity contribution in [1.82, 2.24) is 19.7 Å². The van der Waals surface area contributed by atoms with Crippen LogP contribution in [0.25, 0.3) is 10.7 Å². The van der Waals surface area contributed by atoms with E-state index in [4.69, 9.17) is 12.2 Å². The average Bonchev–Trinajstić information content (AvgIpc) is 3.30. The third kappa shape index (κ3) is 3.20. The van der Waals surface area contributed by atoms with E-state index in [9.17, 15) is 9.18 Å². The normalized spacial score (nSPS) is 14.6. The summed E-state index contributed by atoms with van der Waals surface area (Å²) in [5.41, 5.74) is 0.981. The quantitative estimate of drug-likeness (QED) is 0.463. The minimum absolute atomic E-state index is 0.121. The van der Waals surface area contributed by atoms with Crippen molar-refractivity contribution >= 4 is 34.6 Å². The van der Waals surface area contributed by atoms with Gasteiger partial charge < -0.3 is 5.32 Å². The first-order valence-corrected chi connectivity index (χ1v) is 9.98. The Morgan fingerprint density at radius 2 is 2.18 bits per heavy atom. The molecule has 0 saturated heterocycles. The molecule has 2 heterocycles. The maximum Gasteiger partial charge on any atom is 0.236 e. The maximum atomic E-state index is 13.2. The second-order valence-electron chi connectivity index (χ2n) is 6.73. The Hall–Kier alpha value is -2.65. The lowest BCUT2D eigenvalue weighted by Gasteiger charge is -2.14. The zero-order chi connectivity index (χ0) is 19.9. The van der Waals surface area contributed by atoms with E-state index < -0.39 is 5.41 Å². The molecule has 0 atom stereocenters. The lowest BCUT2D eigenvalue weighted by atomic mass is 9.95. The highest BCUT2D eigenvalue weighted by atomic mass is 32.1. The summed E-state index contributed by atoms with van der Waals surface area (Å²) in [4.78, 5) is 18.2. The molecule has 0 unspecified atom stereocenters. The smallest absolute Gasteiger partial charge is 0.236 e. The predicted molar refractivity (Wildman–Crippen MR) is 109 cm³/mol. The van der Waals surface area contributed by atoms with Gasteiger partial charge in [-0.3, -0.25) is 14.5 Å². The first-order valence-electron chi connectivity index (χ1n) is 8.76. The van der Waals surface area contributed by atoms with Crippen molar-refractivity contribution < 1.29 is 9.18 Å². The van der Waals surface area contributed by atoms with Gasteiger partial charge in [0, 0.05) is 6.54 Å². The second kappa shape index (κ2) is 7.06. The molecular formula is C19H18FN5OS2. The fourth-order valence-corrected chi connectivity index (χ4v) is 4.37. The Morgan fingerprint density at radius 3 is 2.82 bits per heavy atom. The summed E-state index contributed by atoms with van der Waals surface area (Å²) in [6.45, 7) is 6.14. The second-order valence-corrected chi connectivity index (χ2v) is 8.11. The molecule has 2 aromatic heterocycles. The third-order valence-corrected chi connectivity index (χ3v) is 6.25. The number of thiazole rings is 1. The summed E-state index contributed by atoms with van der Waals surface area (Å²) in [6, 6.07) is 6.12. The van der Waals surface area contributed by atoms with Gasteiger partial charge in [-0.15, -0.1) is 6.58 Å². The lowest BCUT2D eigenvalue weighted by Crippen LogP contribution is -2.27. The van der Waals surface area contributed by atoms with Crippen molar-refractivity contribution in [3.63, 3.8) is 0 Å². The first kappa shape index (κ1) is 18.7. The standard InChI is InChI=1S/C19H18FN5OS2/c1-3-10-25-15(23-24-18(25)27)14-11(2)21-17(28-14)22-16(26)19(8-9-19)12-4-6-13(20)7-5-12/h3-7H,1,8-10H2,2H3,(H,24,27)(H,21,22,26). The van der Waals surface area contributed by atoms with Crippen molar-refractivity contribution in [2.45, 2.75) is 31.7 Å². The Labute approximate surface area is 170 Å². The molecule has 2 N–H and O–H groups in total. The zero-order valence-electron chi connectivity index (χ0n) is 15.2. The number of benzene rings is 1. The lowest BCUT2D eigenvalue weighted by molar-refractivity contribution is -0.118. The van der Waals surface area contributed by atoms with Gasteiger partial charge in [-0.1, -0.05) is 29.5 Å². The summed E-state index contributed by atoms with van der Waals surface area (Å²) in [5, 5.41) is 10.5. The van der Waals surface area contributed by atoms with Crippen LogP contribution in [0.1, 0.15) is 24.1 Å². The maximum absolute atomic E-state index is 13.2. The highest BCUT2D eigenvalue weighted by Gasteiger charge is 2.51. The van der Waals surface area contributed by atoms with Crippen molar-refractivity contribution in [2.24, 2.45) is 0 Å². The summed E-state index contributed by atoms with van der Waals surface area (Å²) >= 11 is 6.61. The van der Waals surface area contributed by atoms with Gasteiger partial charge in [-0.25, -0.2) is 9.37 Å². The number of aryl methyl sites for hydroxylation is 1. The van der Waals surface area contributed by atoms with Gasteiger partial charge in [0.2, 0.25) is 5.91 Å². The topological polar surface area (TPSA) is 75.6 Å². The molecule has 0 bridgehead atoms. The Kier molecular flexibility index (Phi) is 4.72. The number of hydrogen-bond donors (Lipinski definition) is 2. The van der Waals surface area contributed by atoms with Crippen LogP contribution in [0.15, 0.2) is 36.9 Å². The van der Waals surface area contributed by atoms with Gasteiger partial charge in [-0.2, -0.15) is 5.10 Å². The number of H-pyrrole nitrogens is 1. The van der Waals surface area contributed by atoms with Crippen LogP contribution in [0.4, 0.5) is 9.52 Å². The molecule has 28 heavy (non-hydrogen) atoms. The molecule has 144 valence electrons. The highest BCUT2D eigenvalue weighted by molar-refractivity contribution is 7.71. The number of nitrogens with zero attached hydrogens (tertiary/aromatic N) is 3. The van der Waals surface area contributed by atoms with Crippen molar-refractivity contribution in [3.8, 4) is 10.7 Å². The van der Waals surface area contributed by atoms with Crippen LogP contribution in [0.3, 0.4) is 0 Å². The molecule has 1 amide bonds. The molecule has 1 fully saturated rings. The molecule has 1 aromatic carbocycles. The average molecular weight is 416 g/mol. The highest BCUT2D eigenvalue weighted by Crippen LogP contribution is 2.49. The van der Waals surface area contributed by atoms with E-state index in [2.05, 4.69) is 27.1 Å². The number of nitrogens with one attached hydrogen (secondary N) is 2. The molecule has 1 aliphatic carbocycles. The van der Waals surface area contributed by atoms with E-state index in [0.717, 1.165) is 29.0 Å². The summed E-state index contributed by atoms with van der Waals surface area (Å²) < 4.78 is 15.5. The van der Waals surface area contributed by atoms with Crippen molar-refractivity contribution in [1.29, 1.82) is 0 Å². The summed E-state index contributed by atoms with van der Waals surface area (Å²) in [5.74, 6) is 0.234. The fraction of sp³-hybridized carbons (Fsp3) is 0.263. The number of allylic oxidation sites excluding steroid dienone is 1. The van der Waals surface area contributed by atoms with Crippen molar-refractivity contribution in [3.05, 3.63) is 58.8 Å². The number of anilines is 1. The van der Waals surface area contributed by atoms with E-state index in [1.807, 2.05) is 11.5 Å². The number of carbonyl (C=O) groups is 1. The van der Waals surface area contributed by atoms with Gasteiger partial charge >= 0.3 is 0 Å². The molecule has 0 radical (unpaired) electrons. The van der Waals surface area contributed by atoms with Gasteiger partial charge in [0.25, 0.3) is 0 Å². The fourth-order valence-electron chi connectivity index (χ4n) is 3.20. The van der Waals surface area contributed by atoms with Crippen LogP contribution in [0.2, 0.25) is 0 Å². The minimum Gasteiger partial charge on any atom is -0.301 e. The van der Waals surface area contributed by atoms with E-state index >= 15 is 0 Å². The Balaban J connectivity index is 1.60. The monoisotopic (exact) mass is 415 g/mol. The number of carbonyl (C=O) groups excluding carboxylic acids is 1. The Bertz CT molecular complexity index is 1110. The number of amides is 1. The Morgan fingerprint density at radius 1 is 1.46 bits per heavy atom. The van der Waals surface area contributed by atoms with Crippen LogP contribution < -0.4 is 5.32 Å². The molecule has 0 spiro atoms. The molecule has 6 nitrogen and oxygen atoms in total. The minimum atomic E-state index is -0.601. The SMILES string of the molecule is C=CCn1c(-c2sc(NC(=O)C3(c4ccc(F)cc4)CC3)nc2C)n[nH]c1=S. The van der Waals surface area contributed by atoms with E-state index in [-0.39, 0.29) is 11.7 Å². The molecule has 3 aromatic rings. The number of rotatable bonds is 6. The largest absolute Gasteiger partial charge is 0.301 e. The third-order valence-electron chi connectivity index (χ3n) is 4.87. The molecule has 0 aliphatic heterocycles. The number of hydrogen-bond acceptors (Lipinski definition) is 5. The number of aromatic amines is 1.